The lowest BCUT2D eigenvalue weighted by Gasteiger charge is -2.38. The predicted molar refractivity (Wildman–Crippen MR) is 130 cm³/mol. The zero-order chi connectivity index (χ0) is 23.6. The molecule has 0 spiro atoms. The molecule has 0 aromatic heterocycles. The van der Waals surface area contributed by atoms with E-state index in [1.54, 1.807) is 55.6 Å². The van der Waals surface area contributed by atoms with Crippen LogP contribution in [0.1, 0.15) is 13.8 Å². The van der Waals surface area contributed by atoms with Crippen LogP contribution in [0.5, 0.6) is 5.75 Å². The van der Waals surface area contributed by atoms with Gasteiger partial charge in [-0.05, 0) is 55.8 Å². The number of rotatable bonds is 6. The maximum absolute atomic E-state index is 14.1. The minimum Gasteiger partial charge on any atom is -0.495 e. The summed E-state index contributed by atoms with van der Waals surface area (Å²) >= 11 is 0. The average Bonchev–Trinajstić information content (AvgIpc) is 2.78. The number of anilines is 2. The Balaban J connectivity index is 1.58. The zero-order valence-electron chi connectivity index (χ0n) is 18.9. The summed E-state index contributed by atoms with van der Waals surface area (Å²) in [6, 6.07) is 18.4. The molecule has 174 valence electrons. The van der Waals surface area contributed by atoms with Crippen LogP contribution in [0, 0.1) is 5.82 Å². The minimum absolute atomic E-state index is 0.101. The molecule has 1 aliphatic rings. The number of hydrogen-bond acceptors (Lipinski definition) is 5. The van der Waals surface area contributed by atoms with Gasteiger partial charge in [-0.2, -0.15) is 0 Å². The van der Waals surface area contributed by atoms with E-state index in [9.17, 15) is 12.8 Å². The van der Waals surface area contributed by atoms with Gasteiger partial charge in [-0.25, -0.2) is 12.8 Å². The van der Waals surface area contributed by atoms with Crippen LogP contribution in [0.3, 0.4) is 0 Å². The van der Waals surface area contributed by atoms with E-state index in [1.165, 1.54) is 18.2 Å². The van der Waals surface area contributed by atoms with E-state index in [2.05, 4.69) is 28.8 Å². The molecule has 1 heterocycles. The van der Waals surface area contributed by atoms with Gasteiger partial charge in [-0.1, -0.05) is 30.3 Å². The first-order valence-electron chi connectivity index (χ1n) is 10.8. The highest BCUT2D eigenvalue weighted by molar-refractivity contribution is 7.92. The van der Waals surface area contributed by atoms with Crippen molar-refractivity contribution >= 4 is 21.4 Å². The Bertz CT molecular complexity index is 1220. The van der Waals surface area contributed by atoms with Crippen LogP contribution < -0.4 is 19.7 Å². The van der Waals surface area contributed by atoms with Gasteiger partial charge >= 0.3 is 0 Å². The molecule has 0 amide bonds. The lowest BCUT2D eigenvalue weighted by atomic mass is 10.1. The normalized spacial score (nSPS) is 18.7. The summed E-state index contributed by atoms with van der Waals surface area (Å²) in [7, 11) is -2.22. The van der Waals surface area contributed by atoms with Gasteiger partial charge in [0.25, 0.3) is 10.0 Å². The zero-order valence-corrected chi connectivity index (χ0v) is 19.7. The van der Waals surface area contributed by atoms with Crippen molar-refractivity contribution in [3.05, 3.63) is 72.5 Å². The molecule has 0 bridgehead atoms. The predicted octanol–water partition coefficient (Wildman–Crippen LogP) is 4.49. The van der Waals surface area contributed by atoms with Crippen molar-refractivity contribution in [2.24, 2.45) is 0 Å². The summed E-state index contributed by atoms with van der Waals surface area (Å²) < 4.78 is 48.3. The largest absolute Gasteiger partial charge is 0.495 e. The monoisotopic (exact) mass is 469 g/mol. The molecule has 2 N–H and O–H groups in total. The number of nitrogens with zero attached hydrogens (tertiary/aromatic N) is 1. The Morgan fingerprint density at radius 2 is 1.67 bits per heavy atom. The molecule has 6 nitrogen and oxygen atoms in total. The van der Waals surface area contributed by atoms with Gasteiger partial charge in [0.1, 0.15) is 11.6 Å². The summed E-state index contributed by atoms with van der Waals surface area (Å²) in [5, 5.41) is 3.49. The second kappa shape index (κ2) is 9.41. The Morgan fingerprint density at radius 3 is 2.30 bits per heavy atom. The van der Waals surface area contributed by atoms with Crippen molar-refractivity contribution in [1.82, 2.24) is 5.32 Å². The fraction of sp³-hybridized carbons (Fsp3) is 0.280. The second-order valence-electron chi connectivity index (χ2n) is 8.37. The molecule has 4 rings (SSSR count). The van der Waals surface area contributed by atoms with Crippen LogP contribution in [-0.4, -0.2) is 40.7 Å². The van der Waals surface area contributed by atoms with Crippen LogP contribution in [0.25, 0.3) is 11.1 Å². The number of methoxy groups -OCH3 is 1. The first-order valence-corrected chi connectivity index (χ1v) is 12.3. The summed E-state index contributed by atoms with van der Waals surface area (Å²) in [6.45, 7) is 5.81. The van der Waals surface area contributed by atoms with Gasteiger partial charge in [0, 0.05) is 30.7 Å². The Kier molecular flexibility index (Phi) is 6.58. The molecule has 0 saturated carbocycles. The lowest BCUT2D eigenvalue weighted by Crippen LogP contribution is -2.54. The highest BCUT2D eigenvalue weighted by Gasteiger charge is 2.24. The summed E-state index contributed by atoms with van der Waals surface area (Å²) in [5.74, 6) is 0.335. The van der Waals surface area contributed by atoms with Gasteiger partial charge in [-0.3, -0.25) is 4.72 Å². The maximum Gasteiger partial charge on any atom is 0.261 e. The number of hydrogen-bond donors (Lipinski definition) is 2. The van der Waals surface area contributed by atoms with E-state index in [4.69, 9.17) is 4.74 Å². The van der Waals surface area contributed by atoms with Crippen molar-refractivity contribution in [3.63, 3.8) is 0 Å². The van der Waals surface area contributed by atoms with Crippen molar-refractivity contribution in [2.75, 3.05) is 29.8 Å². The fourth-order valence-corrected chi connectivity index (χ4v) is 5.30. The average molecular weight is 470 g/mol. The highest BCUT2D eigenvalue weighted by atomic mass is 32.2. The molecule has 0 radical (unpaired) electrons. The topological polar surface area (TPSA) is 70.7 Å². The molecule has 1 aliphatic heterocycles. The van der Waals surface area contributed by atoms with Gasteiger partial charge < -0.3 is 15.0 Å². The first-order chi connectivity index (χ1) is 15.8. The molecule has 0 aliphatic carbocycles. The summed E-state index contributed by atoms with van der Waals surface area (Å²) in [5.41, 5.74) is 2.32. The summed E-state index contributed by atoms with van der Waals surface area (Å²) in [6.07, 6.45) is 0. The smallest absolute Gasteiger partial charge is 0.261 e. The fourth-order valence-electron chi connectivity index (χ4n) is 4.25. The number of sulfonamides is 1. The van der Waals surface area contributed by atoms with Crippen molar-refractivity contribution in [1.29, 1.82) is 0 Å². The number of halogens is 1. The van der Waals surface area contributed by atoms with Crippen LogP contribution in [-0.2, 0) is 10.0 Å². The second-order valence-corrected chi connectivity index (χ2v) is 10.1. The van der Waals surface area contributed by atoms with Gasteiger partial charge in [-0.15, -0.1) is 0 Å². The Hall–Kier alpha value is -3.10. The molecule has 1 saturated heterocycles. The molecule has 3 aromatic carbocycles. The van der Waals surface area contributed by atoms with E-state index in [0.29, 0.717) is 34.6 Å². The van der Waals surface area contributed by atoms with Crippen molar-refractivity contribution < 1.29 is 17.5 Å². The van der Waals surface area contributed by atoms with Crippen LogP contribution in [0.2, 0.25) is 0 Å². The van der Waals surface area contributed by atoms with E-state index in [-0.39, 0.29) is 10.7 Å². The number of nitrogens with one attached hydrogen (secondary N) is 2. The van der Waals surface area contributed by atoms with Gasteiger partial charge in [0.2, 0.25) is 0 Å². The third kappa shape index (κ3) is 5.12. The molecule has 2 atom stereocenters. The number of benzene rings is 3. The van der Waals surface area contributed by atoms with Gasteiger partial charge in [0.15, 0.2) is 0 Å². The van der Waals surface area contributed by atoms with E-state index in [1.807, 2.05) is 0 Å². The van der Waals surface area contributed by atoms with Crippen LogP contribution in [0.4, 0.5) is 15.8 Å². The molecule has 3 aromatic rings. The SMILES string of the molecule is COc1ccc(NS(=O)(=O)c2ccc(-c3ccccc3F)cc2)cc1N1CC(C)NC(C)C1. The lowest BCUT2D eigenvalue weighted by molar-refractivity contribution is 0.391. The van der Waals surface area contributed by atoms with E-state index in [0.717, 1.165) is 18.8 Å². The minimum atomic E-state index is -3.83. The van der Waals surface area contributed by atoms with Crippen molar-refractivity contribution in [3.8, 4) is 16.9 Å². The van der Waals surface area contributed by atoms with Crippen LogP contribution in [0.15, 0.2) is 71.6 Å². The molecule has 1 fully saturated rings. The number of ether oxygens (including phenoxy) is 1. The molecule has 8 heteroatoms. The van der Waals surface area contributed by atoms with Crippen LogP contribution >= 0.6 is 0 Å². The van der Waals surface area contributed by atoms with E-state index < -0.39 is 10.0 Å². The first kappa shape index (κ1) is 23.1. The Labute approximate surface area is 194 Å². The number of piperazine rings is 1. The molecular weight excluding hydrogens is 441 g/mol. The van der Waals surface area contributed by atoms with E-state index >= 15 is 0 Å². The van der Waals surface area contributed by atoms with Gasteiger partial charge in [0.05, 0.1) is 23.4 Å². The highest BCUT2D eigenvalue weighted by Crippen LogP contribution is 2.33. The quantitative estimate of drug-likeness (QED) is 0.557. The molecule has 2 unspecified atom stereocenters. The maximum atomic E-state index is 14.1. The third-order valence-electron chi connectivity index (χ3n) is 5.68. The summed E-state index contributed by atoms with van der Waals surface area (Å²) in [4.78, 5) is 2.30. The standard InChI is InChI=1S/C25H28FN3O3S/c1-17-15-29(16-18(2)27-17)24-14-20(10-13-25(24)32-3)28-33(30,31)21-11-8-19(9-12-21)22-6-4-5-7-23(22)26/h4-14,17-18,27-28H,15-16H2,1-3H3. The van der Waals surface area contributed by atoms with Crippen molar-refractivity contribution in [2.45, 2.75) is 30.8 Å². The molecular formula is C25H28FN3O3S. The Morgan fingerprint density at radius 1 is 1.00 bits per heavy atom. The third-order valence-corrected chi connectivity index (χ3v) is 7.08. The molecule has 33 heavy (non-hydrogen) atoms.